The smallest absolute Gasteiger partial charge is 0.0110 e. The average Bonchev–Trinajstić information content (AvgIpc) is 2.48. The van der Waals surface area contributed by atoms with E-state index in [0.29, 0.717) is 0 Å². The molecule has 0 amide bonds. The van der Waals surface area contributed by atoms with Crippen LogP contribution in [0.25, 0.3) is 0 Å². The van der Waals surface area contributed by atoms with E-state index in [0.717, 1.165) is 18.0 Å². The molecule has 1 aliphatic carbocycles. The largest absolute Gasteiger partial charge is 0.314 e. The first-order valence-corrected chi connectivity index (χ1v) is 8.88. The second kappa shape index (κ2) is 8.97. The summed E-state index contributed by atoms with van der Waals surface area (Å²) in [5.41, 5.74) is 0. The molecule has 0 radical (unpaired) electrons. The lowest BCUT2D eigenvalue weighted by Crippen LogP contribution is -2.50. The molecule has 0 aromatic heterocycles. The zero-order valence-corrected chi connectivity index (χ0v) is 12.9. The van der Waals surface area contributed by atoms with Crippen LogP contribution in [0.2, 0.25) is 0 Å². The second-order valence-electron chi connectivity index (χ2n) is 6.63. The molecule has 1 saturated heterocycles. The molecule has 2 heteroatoms. The summed E-state index contributed by atoms with van der Waals surface area (Å²) in [6, 6.07) is 1.60. The van der Waals surface area contributed by atoms with E-state index in [1.807, 2.05) is 0 Å². The third kappa shape index (κ3) is 5.07. The van der Waals surface area contributed by atoms with Crippen LogP contribution in [0, 0.1) is 5.92 Å². The fourth-order valence-electron chi connectivity index (χ4n) is 3.98. The molecule has 1 aliphatic heterocycles. The van der Waals surface area contributed by atoms with Crippen molar-refractivity contribution in [3.8, 4) is 0 Å². The van der Waals surface area contributed by atoms with Gasteiger partial charge >= 0.3 is 0 Å². The first kappa shape index (κ1) is 15.3. The first-order valence-electron chi connectivity index (χ1n) is 8.88. The summed E-state index contributed by atoms with van der Waals surface area (Å²) in [7, 11) is 0. The van der Waals surface area contributed by atoms with Crippen molar-refractivity contribution in [1.82, 2.24) is 10.6 Å². The molecule has 2 aliphatic rings. The number of hydrogen-bond acceptors (Lipinski definition) is 2. The van der Waals surface area contributed by atoms with Crippen LogP contribution in [0.1, 0.15) is 77.6 Å². The lowest BCUT2D eigenvalue weighted by molar-refractivity contribution is 0.182. The highest BCUT2D eigenvalue weighted by Crippen LogP contribution is 2.30. The molecule has 2 N–H and O–H groups in total. The molecule has 2 fully saturated rings. The topological polar surface area (TPSA) is 24.1 Å². The van der Waals surface area contributed by atoms with Crippen LogP contribution in [-0.4, -0.2) is 25.2 Å². The van der Waals surface area contributed by atoms with Crippen LogP contribution in [-0.2, 0) is 0 Å². The van der Waals surface area contributed by atoms with E-state index in [-0.39, 0.29) is 0 Å². The highest BCUT2D eigenvalue weighted by molar-refractivity contribution is 4.90. The van der Waals surface area contributed by atoms with Gasteiger partial charge in [0.1, 0.15) is 0 Å². The van der Waals surface area contributed by atoms with Crippen molar-refractivity contribution in [2.75, 3.05) is 13.1 Å². The summed E-state index contributed by atoms with van der Waals surface area (Å²) in [4.78, 5) is 0. The number of unbranched alkanes of at least 4 members (excludes halogenated alkanes) is 3. The third-order valence-electron chi connectivity index (χ3n) is 5.12. The summed E-state index contributed by atoms with van der Waals surface area (Å²) in [6.07, 6.45) is 15.5. The van der Waals surface area contributed by atoms with Crippen molar-refractivity contribution >= 4 is 0 Å². The average molecular weight is 266 g/mol. The monoisotopic (exact) mass is 266 g/mol. The van der Waals surface area contributed by atoms with Crippen molar-refractivity contribution in [2.24, 2.45) is 5.92 Å². The number of rotatable bonds is 7. The summed E-state index contributed by atoms with van der Waals surface area (Å²) < 4.78 is 0. The Bertz CT molecular complexity index is 223. The Morgan fingerprint density at radius 3 is 2.58 bits per heavy atom. The molecule has 3 unspecified atom stereocenters. The highest BCUT2D eigenvalue weighted by atomic mass is 15.0. The summed E-state index contributed by atoms with van der Waals surface area (Å²) in [5, 5.41) is 7.68. The minimum absolute atomic E-state index is 0.797. The Hall–Kier alpha value is -0.0800. The fourth-order valence-corrected chi connectivity index (χ4v) is 3.98. The Balaban J connectivity index is 1.72. The van der Waals surface area contributed by atoms with E-state index < -0.39 is 0 Å². The maximum Gasteiger partial charge on any atom is 0.0110 e. The molecule has 0 aromatic rings. The quantitative estimate of drug-likeness (QED) is 0.684. The van der Waals surface area contributed by atoms with Gasteiger partial charge in [0.05, 0.1) is 0 Å². The van der Waals surface area contributed by atoms with Gasteiger partial charge in [0, 0.05) is 12.1 Å². The van der Waals surface area contributed by atoms with Crippen LogP contribution in [0.15, 0.2) is 0 Å². The Kier molecular flexibility index (Phi) is 7.23. The summed E-state index contributed by atoms with van der Waals surface area (Å²) >= 11 is 0. The van der Waals surface area contributed by atoms with Crippen molar-refractivity contribution in [1.29, 1.82) is 0 Å². The van der Waals surface area contributed by atoms with Gasteiger partial charge in [-0.05, 0) is 51.1 Å². The van der Waals surface area contributed by atoms with Crippen molar-refractivity contribution in [3.05, 3.63) is 0 Å². The highest BCUT2D eigenvalue weighted by Gasteiger charge is 2.31. The van der Waals surface area contributed by atoms with Crippen LogP contribution >= 0.6 is 0 Å². The molecule has 0 spiro atoms. The molecule has 0 bridgehead atoms. The summed E-state index contributed by atoms with van der Waals surface area (Å²) in [5.74, 6) is 0.903. The fraction of sp³-hybridized carbons (Fsp3) is 1.00. The van der Waals surface area contributed by atoms with Crippen molar-refractivity contribution < 1.29 is 0 Å². The van der Waals surface area contributed by atoms with E-state index in [1.54, 1.807) is 0 Å². The Morgan fingerprint density at radius 1 is 0.947 bits per heavy atom. The molecular weight excluding hydrogens is 232 g/mol. The molecule has 1 saturated carbocycles. The molecule has 2 nitrogen and oxygen atoms in total. The Morgan fingerprint density at radius 2 is 1.79 bits per heavy atom. The van der Waals surface area contributed by atoms with Crippen LogP contribution in [0.3, 0.4) is 0 Å². The minimum atomic E-state index is 0.797. The standard InChI is InChI=1S/C17H34N2/c1-2-3-4-8-13-18-16-11-6-5-10-15(16)17-12-7-9-14-19-17/h15-19H,2-14H2,1H3. The predicted octanol–water partition coefficient (Wildman–Crippen LogP) is 3.86. The predicted molar refractivity (Wildman–Crippen MR) is 83.5 cm³/mol. The molecule has 3 atom stereocenters. The lowest BCUT2D eigenvalue weighted by Gasteiger charge is -2.40. The molecule has 19 heavy (non-hydrogen) atoms. The number of piperidine rings is 1. The zero-order chi connectivity index (χ0) is 13.3. The minimum Gasteiger partial charge on any atom is -0.314 e. The van der Waals surface area contributed by atoms with Gasteiger partial charge in [0.25, 0.3) is 0 Å². The van der Waals surface area contributed by atoms with Crippen LogP contribution in [0.5, 0.6) is 0 Å². The van der Waals surface area contributed by atoms with Gasteiger partial charge < -0.3 is 10.6 Å². The second-order valence-corrected chi connectivity index (χ2v) is 6.63. The van der Waals surface area contributed by atoms with E-state index in [2.05, 4.69) is 17.6 Å². The molecule has 2 rings (SSSR count). The van der Waals surface area contributed by atoms with Gasteiger partial charge in [-0.2, -0.15) is 0 Å². The van der Waals surface area contributed by atoms with Crippen LogP contribution in [0.4, 0.5) is 0 Å². The molecular formula is C17H34N2. The maximum atomic E-state index is 3.89. The molecule has 1 heterocycles. The van der Waals surface area contributed by atoms with Gasteiger partial charge in [-0.3, -0.25) is 0 Å². The van der Waals surface area contributed by atoms with Gasteiger partial charge in [0.2, 0.25) is 0 Å². The van der Waals surface area contributed by atoms with Gasteiger partial charge in [-0.1, -0.05) is 45.4 Å². The van der Waals surface area contributed by atoms with Crippen LogP contribution < -0.4 is 10.6 Å². The van der Waals surface area contributed by atoms with Gasteiger partial charge in [-0.15, -0.1) is 0 Å². The van der Waals surface area contributed by atoms with E-state index in [4.69, 9.17) is 0 Å². The van der Waals surface area contributed by atoms with Gasteiger partial charge in [-0.25, -0.2) is 0 Å². The van der Waals surface area contributed by atoms with Crippen molar-refractivity contribution in [3.63, 3.8) is 0 Å². The zero-order valence-electron chi connectivity index (χ0n) is 12.9. The van der Waals surface area contributed by atoms with E-state index in [9.17, 15) is 0 Å². The van der Waals surface area contributed by atoms with Gasteiger partial charge in [0.15, 0.2) is 0 Å². The SMILES string of the molecule is CCCCCCNC1CCCCC1C1CCCCN1. The maximum absolute atomic E-state index is 3.89. The first-order chi connectivity index (χ1) is 9.42. The third-order valence-corrected chi connectivity index (χ3v) is 5.12. The lowest BCUT2D eigenvalue weighted by atomic mass is 9.77. The van der Waals surface area contributed by atoms with Crippen molar-refractivity contribution in [2.45, 2.75) is 89.6 Å². The van der Waals surface area contributed by atoms with E-state index in [1.165, 1.54) is 83.7 Å². The number of nitrogens with one attached hydrogen (secondary N) is 2. The normalized spacial score (nSPS) is 32.4. The Labute approximate surface area is 120 Å². The molecule has 0 aromatic carbocycles. The number of hydrogen-bond donors (Lipinski definition) is 2. The summed E-state index contributed by atoms with van der Waals surface area (Å²) in [6.45, 7) is 4.79. The molecule has 112 valence electrons. The van der Waals surface area contributed by atoms with E-state index >= 15 is 0 Å².